The van der Waals surface area contributed by atoms with Gasteiger partial charge in [-0.1, -0.05) is 53.5 Å². The van der Waals surface area contributed by atoms with Gasteiger partial charge in [0.2, 0.25) is 0 Å². The first kappa shape index (κ1) is 23.5. The number of halogens is 5. The van der Waals surface area contributed by atoms with E-state index in [0.717, 1.165) is 38.2 Å². The number of ether oxygens (including phenoxy) is 1. The zero-order chi connectivity index (χ0) is 22.6. The van der Waals surface area contributed by atoms with Crippen molar-refractivity contribution in [3.63, 3.8) is 0 Å². The van der Waals surface area contributed by atoms with Crippen LogP contribution in [0.4, 0.5) is 23.7 Å². The summed E-state index contributed by atoms with van der Waals surface area (Å²) in [5.74, 6) is -0.555. The molecule has 2 amide bonds. The number of nitrogens with zero attached hydrogens (tertiary/aromatic N) is 2. The molecule has 1 aliphatic rings. The first-order chi connectivity index (χ1) is 14.7. The van der Waals surface area contributed by atoms with Crippen LogP contribution in [0, 0.1) is 0 Å². The van der Waals surface area contributed by atoms with Crippen LogP contribution in [0.3, 0.4) is 0 Å². The number of likely N-dealkylation sites (N-methyl/N-ethyl adjacent to an activating group) is 1. The summed E-state index contributed by atoms with van der Waals surface area (Å²) >= 11 is 12.1. The van der Waals surface area contributed by atoms with Crippen LogP contribution in [0.5, 0.6) is 5.75 Å². The number of carbonyl (C=O) groups excluding carboxylic acids is 1. The summed E-state index contributed by atoms with van der Waals surface area (Å²) in [5.41, 5.74) is 1.25. The van der Waals surface area contributed by atoms with Crippen molar-refractivity contribution < 1.29 is 22.7 Å². The van der Waals surface area contributed by atoms with Gasteiger partial charge >= 0.3 is 12.4 Å². The first-order valence-electron chi connectivity index (χ1n) is 9.75. The second kappa shape index (κ2) is 9.97. The molecule has 31 heavy (non-hydrogen) atoms. The van der Waals surface area contributed by atoms with Crippen LogP contribution >= 0.6 is 23.2 Å². The van der Waals surface area contributed by atoms with E-state index in [1.54, 1.807) is 4.90 Å². The summed E-state index contributed by atoms with van der Waals surface area (Å²) in [4.78, 5) is 16.8. The Hall–Kier alpha value is -2.16. The van der Waals surface area contributed by atoms with Gasteiger partial charge in [0.1, 0.15) is 5.75 Å². The van der Waals surface area contributed by atoms with Crippen molar-refractivity contribution in [1.82, 2.24) is 9.80 Å². The van der Waals surface area contributed by atoms with Crippen LogP contribution in [0.25, 0.3) is 0 Å². The molecule has 3 rings (SSSR count). The summed E-state index contributed by atoms with van der Waals surface area (Å²) in [5, 5.41) is 2.34. The predicted molar refractivity (Wildman–Crippen MR) is 115 cm³/mol. The molecule has 1 unspecified atom stereocenters. The zero-order valence-corrected chi connectivity index (χ0v) is 18.3. The lowest BCUT2D eigenvalue weighted by Gasteiger charge is -2.28. The summed E-state index contributed by atoms with van der Waals surface area (Å²) in [7, 11) is 0. The fraction of sp³-hybridized carbons (Fsp3) is 0.381. The summed E-state index contributed by atoms with van der Waals surface area (Å²) in [6.07, 6.45) is -4.06. The fourth-order valence-electron chi connectivity index (χ4n) is 3.66. The molecule has 1 fully saturated rings. The van der Waals surface area contributed by atoms with Crippen molar-refractivity contribution in [1.29, 1.82) is 0 Å². The van der Waals surface area contributed by atoms with Gasteiger partial charge in [0, 0.05) is 44.4 Å². The van der Waals surface area contributed by atoms with Crippen molar-refractivity contribution in [3.8, 4) is 5.75 Å². The fourth-order valence-corrected chi connectivity index (χ4v) is 4.22. The summed E-state index contributed by atoms with van der Waals surface area (Å²) < 4.78 is 41.1. The third-order valence-corrected chi connectivity index (χ3v) is 5.62. The SMILES string of the molecule is CCN(C(=O)Nc1c(Cl)cc(OC(F)(F)F)cc1Cl)C1CCN(Cc2ccccc2)C1. The molecule has 5 nitrogen and oxygen atoms in total. The average Bonchev–Trinajstić information content (AvgIpc) is 3.13. The molecule has 0 bridgehead atoms. The van der Waals surface area contributed by atoms with Crippen molar-refractivity contribution in [2.45, 2.75) is 32.3 Å². The molecule has 1 N–H and O–H groups in total. The molecule has 1 heterocycles. The Morgan fingerprint density at radius 2 is 1.87 bits per heavy atom. The number of urea groups is 1. The van der Waals surface area contributed by atoms with Gasteiger partial charge in [-0.25, -0.2) is 4.79 Å². The van der Waals surface area contributed by atoms with E-state index < -0.39 is 18.1 Å². The lowest BCUT2D eigenvalue weighted by atomic mass is 10.2. The van der Waals surface area contributed by atoms with E-state index in [1.807, 2.05) is 25.1 Å². The molecule has 1 saturated heterocycles. The van der Waals surface area contributed by atoms with Crippen molar-refractivity contribution in [2.75, 3.05) is 25.0 Å². The number of benzene rings is 2. The van der Waals surface area contributed by atoms with Gasteiger partial charge in [-0.2, -0.15) is 0 Å². The Labute approximate surface area is 188 Å². The second-order valence-electron chi connectivity index (χ2n) is 7.19. The first-order valence-corrected chi connectivity index (χ1v) is 10.5. The van der Waals surface area contributed by atoms with Gasteiger partial charge in [-0.05, 0) is 18.9 Å². The molecule has 1 aliphatic heterocycles. The lowest BCUT2D eigenvalue weighted by molar-refractivity contribution is -0.274. The monoisotopic (exact) mass is 475 g/mol. The molecule has 0 radical (unpaired) electrons. The molecule has 0 aliphatic carbocycles. The molecular formula is C21H22Cl2F3N3O2. The molecular weight excluding hydrogens is 454 g/mol. The third kappa shape index (κ3) is 6.41. The maximum Gasteiger partial charge on any atom is 0.573 e. The Balaban J connectivity index is 1.65. The number of nitrogens with one attached hydrogen (secondary N) is 1. The topological polar surface area (TPSA) is 44.8 Å². The van der Waals surface area contributed by atoms with Gasteiger partial charge in [-0.3, -0.25) is 4.90 Å². The number of carbonyl (C=O) groups is 1. The summed E-state index contributed by atoms with van der Waals surface area (Å²) in [6, 6.07) is 11.6. The normalized spacial score (nSPS) is 16.9. The van der Waals surface area contributed by atoms with E-state index in [2.05, 4.69) is 27.1 Å². The summed E-state index contributed by atoms with van der Waals surface area (Å²) in [6.45, 7) is 4.70. The number of hydrogen-bond donors (Lipinski definition) is 1. The highest BCUT2D eigenvalue weighted by molar-refractivity contribution is 6.40. The number of likely N-dealkylation sites (tertiary alicyclic amines) is 1. The minimum Gasteiger partial charge on any atom is -0.406 e. The average molecular weight is 476 g/mol. The molecule has 2 aromatic carbocycles. The number of hydrogen-bond acceptors (Lipinski definition) is 3. The van der Waals surface area contributed by atoms with Gasteiger partial charge in [0.15, 0.2) is 0 Å². The molecule has 10 heteroatoms. The highest BCUT2D eigenvalue weighted by atomic mass is 35.5. The van der Waals surface area contributed by atoms with Gasteiger partial charge in [-0.15, -0.1) is 13.2 Å². The predicted octanol–water partition coefficient (Wildman–Crippen LogP) is 6.02. The molecule has 0 spiro atoms. The quantitative estimate of drug-likeness (QED) is 0.555. The molecule has 168 valence electrons. The van der Waals surface area contributed by atoms with Crippen molar-refractivity contribution >= 4 is 34.9 Å². The van der Waals surface area contributed by atoms with Crippen LogP contribution in [-0.2, 0) is 6.54 Å². The highest BCUT2D eigenvalue weighted by Gasteiger charge is 2.33. The van der Waals surface area contributed by atoms with Crippen LogP contribution in [0.1, 0.15) is 18.9 Å². The maximum absolute atomic E-state index is 12.9. The number of anilines is 1. The minimum atomic E-state index is -4.87. The van der Waals surface area contributed by atoms with Crippen LogP contribution < -0.4 is 10.1 Å². The molecule has 0 saturated carbocycles. The van der Waals surface area contributed by atoms with Crippen molar-refractivity contribution in [2.24, 2.45) is 0 Å². The molecule has 0 aromatic heterocycles. The van der Waals surface area contributed by atoms with Crippen molar-refractivity contribution in [3.05, 3.63) is 58.1 Å². The third-order valence-electron chi connectivity index (χ3n) is 5.02. The zero-order valence-electron chi connectivity index (χ0n) is 16.8. The van der Waals surface area contributed by atoms with Gasteiger partial charge in [0.25, 0.3) is 0 Å². The van der Waals surface area contributed by atoms with E-state index >= 15 is 0 Å². The van der Waals surface area contributed by atoms with E-state index in [0.29, 0.717) is 6.54 Å². The van der Waals surface area contributed by atoms with E-state index in [1.165, 1.54) is 5.56 Å². The Bertz CT molecular complexity index is 889. The standard InChI is InChI=1S/C21H22Cl2F3N3O2/c1-2-29(15-8-9-28(13-15)12-14-6-4-3-5-7-14)20(30)27-19-17(22)10-16(11-18(19)23)31-21(24,25)26/h3-7,10-11,15H,2,8-9,12-13H2,1H3,(H,27,30). The number of amides is 2. The Morgan fingerprint density at radius 3 is 2.45 bits per heavy atom. The Morgan fingerprint density at radius 1 is 1.23 bits per heavy atom. The number of alkyl halides is 3. The lowest BCUT2D eigenvalue weighted by Crippen LogP contribution is -2.44. The van der Waals surface area contributed by atoms with Crippen LogP contribution in [0.2, 0.25) is 10.0 Å². The highest BCUT2D eigenvalue weighted by Crippen LogP contribution is 2.37. The minimum absolute atomic E-state index is 0.000834. The van der Waals surface area contributed by atoms with Crippen LogP contribution in [-0.4, -0.2) is 47.9 Å². The van der Waals surface area contributed by atoms with E-state index in [9.17, 15) is 18.0 Å². The smallest absolute Gasteiger partial charge is 0.406 e. The maximum atomic E-state index is 12.9. The largest absolute Gasteiger partial charge is 0.573 e. The van der Waals surface area contributed by atoms with Gasteiger partial charge < -0.3 is 15.0 Å². The Kier molecular flexibility index (Phi) is 7.56. The van der Waals surface area contributed by atoms with E-state index in [-0.39, 0.29) is 21.8 Å². The van der Waals surface area contributed by atoms with Crippen LogP contribution in [0.15, 0.2) is 42.5 Å². The van der Waals surface area contributed by atoms with Gasteiger partial charge in [0.05, 0.1) is 15.7 Å². The molecule has 1 atom stereocenters. The van der Waals surface area contributed by atoms with E-state index in [4.69, 9.17) is 23.2 Å². The number of rotatable bonds is 6. The second-order valence-corrected chi connectivity index (χ2v) is 8.00. The molecule has 2 aromatic rings.